The third-order valence-electron chi connectivity index (χ3n) is 5.45. The molecule has 1 aliphatic heterocycles. The maximum atomic E-state index is 13.8. The quantitative estimate of drug-likeness (QED) is 0.487. The number of nitrogens with zero attached hydrogens (tertiary/aromatic N) is 4. The number of carbonyl (C=O) groups is 1. The lowest BCUT2D eigenvalue weighted by atomic mass is 10.1. The molecule has 1 amide bonds. The average molecular weight is 404 g/mol. The predicted molar refractivity (Wildman–Crippen MR) is 110 cm³/mol. The molecule has 2 aromatic carbocycles. The fourth-order valence-electron chi connectivity index (χ4n) is 4.05. The summed E-state index contributed by atoms with van der Waals surface area (Å²) in [6.07, 6.45) is -0.683. The molecule has 0 aliphatic carbocycles. The molecular formula is C23H18F2N4O. The highest BCUT2D eigenvalue weighted by atomic mass is 19.3. The summed E-state index contributed by atoms with van der Waals surface area (Å²) in [4.78, 5) is 19.7. The number of amides is 1. The van der Waals surface area contributed by atoms with Crippen LogP contribution in [0.1, 0.15) is 35.0 Å². The molecule has 1 atom stereocenters. The third kappa shape index (κ3) is 2.85. The van der Waals surface area contributed by atoms with Gasteiger partial charge in [0.1, 0.15) is 11.3 Å². The van der Waals surface area contributed by atoms with Crippen molar-refractivity contribution in [2.75, 3.05) is 4.90 Å². The Bertz CT molecular complexity index is 1250. The zero-order valence-corrected chi connectivity index (χ0v) is 16.2. The molecule has 150 valence electrons. The van der Waals surface area contributed by atoms with Gasteiger partial charge in [-0.1, -0.05) is 48.5 Å². The van der Waals surface area contributed by atoms with Crippen molar-refractivity contribution in [3.63, 3.8) is 0 Å². The summed E-state index contributed by atoms with van der Waals surface area (Å²) < 4.78 is 28.6. The molecule has 7 heteroatoms. The highest BCUT2D eigenvalue weighted by Gasteiger charge is 2.33. The van der Waals surface area contributed by atoms with Gasteiger partial charge in [0.25, 0.3) is 12.3 Å². The summed E-state index contributed by atoms with van der Waals surface area (Å²) in [5.41, 5.74) is 3.03. The first-order chi connectivity index (χ1) is 14.5. The van der Waals surface area contributed by atoms with Crippen LogP contribution in [0, 0.1) is 0 Å². The van der Waals surface area contributed by atoms with Crippen molar-refractivity contribution in [3.05, 3.63) is 83.7 Å². The summed E-state index contributed by atoms with van der Waals surface area (Å²) in [6.45, 7) is 1.97. The molecule has 0 bridgehead atoms. The number of para-hydroxylation sites is 1. The summed E-state index contributed by atoms with van der Waals surface area (Å²) in [7, 11) is 0. The number of aromatic nitrogens is 3. The highest BCUT2D eigenvalue weighted by molar-refractivity contribution is 6.11. The van der Waals surface area contributed by atoms with E-state index in [2.05, 4.69) is 10.1 Å². The standard InChI is InChI=1S/C23H18F2N4O/c1-14-11-16-9-5-6-10-19(16)28(14)23(30)17-13-26-29-20(21(24)25)12-18(27-22(17)29)15-7-3-2-4-8-15/h2-10,12-14,21H,11H2,1H3/t14-/m0/s1. The second-order valence-electron chi connectivity index (χ2n) is 7.38. The molecule has 0 radical (unpaired) electrons. The highest BCUT2D eigenvalue weighted by Crippen LogP contribution is 2.34. The van der Waals surface area contributed by atoms with E-state index < -0.39 is 6.43 Å². The first kappa shape index (κ1) is 18.4. The van der Waals surface area contributed by atoms with Gasteiger partial charge in [-0.3, -0.25) is 4.79 Å². The lowest BCUT2D eigenvalue weighted by Gasteiger charge is -2.22. The summed E-state index contributed by atoms with van der Waals surface area (Å²) in [6, 6.07) is 18.1. The topological polar surface area (TPSA) is 50.5 Å². The van der Waals surface area contributed by atoms with Gasteiger partial charge < -0.3 is 4.90 Å². The minimum Gasteiger partial charge on any atom is -0.305 e. The van der Waals surface area contributed by atoms with Crippen molar-refractivity contribution in [3.8, 4) is 11.3 Å². The predicted octanol–water partition coefficient (Wildman–Crippen LogP) is 4.93. The Morgan fingerprint density at radius 1 is 1.10 bits per heavy atom. The molecule has 30 heavy (non-hydrogen) atoms. The van der Waals surface area contributed by atoms with E-state index in [1.54, 1.807) is 17.0 Å². The van der Waals surface area contributed by atoms with Crippen LogP contribution in [0.4, 0.5) is 14.5 Å². The van der Waals surface area contributed by atoms with Crippen molar-refractivity contribution >= 4 is 17.2 Å². The van der Waals surface area contributed by atoms with Crippen LogP contribution in [0.15, 0.2) is 66.9 Å². The molecule has 0 N–H and O–H groups in total. The summed E-state index contributed by atoms with van der Waals surface area (Å²) in [5.74, 6) is -0.291. The Labute approximate surface area is 171 Å². The van der Waals surface area contributed by atoms with Gasteiger partial charge in [0.2, 0.25) is 0 Å². The number of hydrogen-bond acceptors (Lipinski definition) is 3. The van der Waals surface area contributed by atoms with Gasteiger partial charge >= 0.3 is 0 Å². The molecule has 0 saturated carbocycles. The third-order valence-corrected chi connectivity index (χ3v) is 5.45. The van der Waals surface area contributed by atoms with Crippen molar-refractivity contribution in [1.29, 1.82) is 0 Å². The fraction of sp³-hybridized carbons (Fsp3) is 0.174. The number of fused-ring (bicyclic) bond motifs is 2. The van der Waals surface area contributed by atoms with Gasteiger partial charge in [-0.15, -0.1) is 0 Å². The van der Waals surface area contributed by atoms with Crippen molar-refractivity contribution in [1.82, 2.24) is 14.6 Å². The first-order valence-electron chi connectivity index (χ1n) is 9.68. The number of rotatable bonds is 3. The SMILES string of the molecule is C[C@H]1Cc2ccccc2N1C(=O)c1cnn2c(C(F)F)cc(-c3ccccc3)nc12. The maximum absolute atomic E-state index is 13.8. The maximum Gasteiger partial charge on any atom is 0.280 e. The van der Waals surface area contributed by atoms with Crippen molar-refractivity contribution < 1.29 is 13.6 Å². The second kappa shape index (κ2) is 7.02. The van der Waals surface area contributed by atoms with Gasteiger partial charge in [0, 0.05) is 17.3 Å². The number of carbonyl (C=O) groups excluding carboxylic acids is 1. The molecule has 2 aromatic heterocycles. The van der Waals surface area contributed by atoms with Crippen LogP contribution in [0.25, 0.3) is 16.9 Å². The van der Waals surface area contributed by atoms with Gasteiger partial charge in [-0.25, -0.2) is 18.3 Å². The van der Waals surface area contributed by atoms with Crippen LogP contribution in [-0.4, -0.2) is 26.5 Å². The number of halogens is 2. The van der Waals surface area contributed by atoms with E-state index in [1.165, 1.54) is 12.3 Å². The second-order valence-corrected chi connectivity index (χ2v) is 7.38. The largest absolute Gasteiger partial charge is 0.305 e. The molecule has 5 rings (SSSR count). The van der Waals surface area contributed by atoms with E-state index in [9.17, 15) is 13.6 Å². The molecule has 0 fully saturated rings. The average Bonchev–Trinajstić information content (AvgIpc) is 3.33. The molecule has 5 nitrogen and oxygen atoms in total. The lowest BCUT2D eigenvalue weighted by Crippen LogP contribution is -2.35. The Hall–Kier alpha value is -3.61. The summed E-state index contributed by atoms with van der Waals surface area (Å²) in [5, 5.41) is 4.07. The fourth-order valence-corrected chi connectivity index (χ4v) is 4.05. The van der Waals surface area contributed by atoms with Crippen LogP contribution >= 0.6 is 0 Å². The first-order valence-corrected chi connectivity index (χ1v) is 9.68. The number of anilines is 1. The summed E-state index contributed by atoms with van der Waals surface area (Å²) >= 11 is 0. The van der Waals surface area contributed by atoms with E-state index >= 15 is 0 Å². The van der Waals surface area contributed by atoms with Crippen LogP contribution in [0.3, 0.4) is 0 Å². The van der Waals surface area contributed by atoms with Gasteiger partial charge in [0.05, 0.1) is 11.9 Å². The molecule has 4 aromatic rings. The van der Waals surface area contributed by atoms with Gasteiger partial charge in [-0.05, 0) is 31.0 Å². The van der Waals surface area contributed by atoms with E-state index in [0.717, 1.165) is 22.2 Å². The van der Waals surface area contributed by atoms with Crippen molar-refractivity contribution in [2.45, 2.75) is 25.8 Å². The minimum atomic E-state index is -2.76. The van der Waals surface area contributed by atoms with Gasteiger partial charge in [0.15, 0.2) is 5.65 Å². The molecule has 0 unspecified atom stereocenters. The normalized spacial score (nSPS) is 15.7. The van der Waals surface area contributed by atoms with Crippen LogP contribution in [-0.2, 0) is 6.42 Å². The number of hydrogen-bond donors (Lipinski definition) is 0. The van der Waals surface area contributed by atoms with E-state index in [0.29, 0.717) is 11.3 Å². The minimum absolute atomic E-state index is 0.0447. The zero-order valence-electron chi connectivity index (χ0n) is 16.2. The molecule has 0 saturated heterocycles. The Morgan fingerprint density at radius 3 is 2.60 bits per heavy atom. The Balaban J connectivity index is 1.67. The van der Waals surface area contributed by atoms with Crippen molar-refractivity contribution in [2.24, 2.45) is 0 Å². The zero-order chi connectivity index (χ0) is 20.8. The molecule has 0 spiro atoms. The van der Waals surface area contributed by atoms with E-state index in [-0.39, 0.29) is 28.9 Å². The molecule has 3 heterocycles. The lowest BCUT2D eigenvalue weighted by molar-refractivity contribution is 0.0982. The van der Waals surface area contributed by atoms with Crippen LogP contribution in [0.2, 0.25) is 0 Å². The molecular weight excluding hydrogens is 386 g/mol. The Kier molecular flexibility index (Phi) is 4.31. The van der Waals surface area contributed by atoms with Crippen LogP contribution < -0.4 is 4.90 Å². The Morgan fingerprint density at radius 2 is 1.83 bits per heavy atom. The van der Waals surface area contributed by atoms with Crippen LogP contribution in [0.5, 0.6) is 0 Å². The number of alkyl halides is 2. The smallest absolute Gasteiger partial charge is 0.280 e. The molecule has 1 aliphatic rings. The number of benzene rings is 2. The van der Waals surface area contributed by atoms with Gasteiger partial charge in [-0.2, -0.15) is 5.10 Å². The monoisotopic (exact) mass is 404 g/mol. The van der Waals surface area contributed by atoms with E-state index in [4.69, 9.17) is 0 Å². The van der Waals surface area contributed by atoms with E-state index in [1.807, 2.05) is 49.4 Å².